The summed E-state index contributed by atoms with van der Waals surface area (Å²) in [5.74, 6) is 0.0445. The largest absolute Gasteiger partial charge is 0.396 e. The smallest absolute Gasteiger partial charge is 0.189 e. The lowest BCUT2D eigenvalue weighted by Gasteiger charge is -2.42. The first kappa shape index (κ1) is 18.6. The van der Waals surface area contributed by atoms with Crippen molar-refractivity contribution in [1.82, 2.24) is 14.8 Å². The molecule has 0 radical (unpaired) electrons. The van der Waals surface area contributed by atoms with Crippen molar-refractivity contribution >= 4 is 10.9 Å². The van der Waals surface area contributed by atoms with Gasteiger partial charge in [-0.2, -0.15) is 0 Å². The number of H-pyrrole nitrogens is 1. The molecule has 2 fully saturated rings. The minimum Gasteiger partial charge on any atom is -0.396 e. The van der Waals surface area contributed by atoms with E-state index in [1.54, 1.807) is 18.2 Å². The van der Waals surface area contributed by atoms with E-state index in [9.17, 15) is 14.3 Å². The zero-order valence-corrected chi connectivity index (χ0v) is 15.7. The van der Waals surface area contributed by atoms with E-state index in [0.717, 1.165) is 51.1 Å². The van der Waals surface area contributed by atoms with Crippen LogP contribution in [0.5, 0.6) is 0 Å². The van der Waals surface area contributed by atoms with Crippen molar-refractivity contribution in [3.8, 4) is 0 Å². The molecule has 0 aliphatic carbocycles. The summed E-state index contributed by atoms with van der Waals surface area (Å²) in [6.45, 7) is 5.04. The number of hydrogen-bond acceptors (Lipinski definition) is 4. The second-order valence-corrected chi connectivity index (χ2v) is 8.01. The SMILES string of the molecule is O=c1cc(CN2CCC(N3CCC[C@H](CO)C3)CC2)[nH]c2c(F)cccc12. The number of fused-ring (bicyclic) bond motifs is 1. The number of rotatable bonds is 4. The number of likely N-dealkylation sites (tertiary alicyclic amines) is 2. The maximum absolute atomic E-state index is 14.0. The average molecular weight is 373 g/mol. The second-order valence-electron chi connectivity index (χ2n) is 8.01. The lowest BCUT2D eigenvalue weighted by molar-refractivity contribution is 0.0524. The molecule has 146 valence electrons. The molecule has 0 saturated carbocycles. The molecular formula is C21H28FN3O2. The molecule has 2 aliphatic heterocycles. The van der Waals surface area contributed by atoms with E-state index in [4.69, 9.17) is 0 Å². The quantitative estimate of drug-likeness (QED) is 0.864. The van der Waals surface area contributed by atoms with Crippen molar-refractivity contribution in [2.45, 2.75) is 38.3 Å². The summed E-state index contributed by atoms with van der Waals surface area (Å²) in [4.78, 5) is 20.3. The number of nitrogens with zero attached hydrogens (tertiary/aromatic N) is 2. The maximum Gasteiger partial charge on any atom is 0.189 e. The molecule has 2 aliphatic rings. The minimum absolute atomic E-state index is 0.128. The van der Waals surface area contributed by atoms with Crippen LogP contribution >= 0.6 is 0 Å². The highest BCUT2D eigenvalue weighted by atomic mass is 19.1. The predicted molar refractivity (Wildman–Crippen MR) is 104 cm³/mol. The van der Waals surface area contributed by atoms with E-state index in [-0.39, 0.29) is 11.2 Å². The summed E-state index contributed by atoms with van der Waals surface area (Å²) >= 11 is 0. The Morgan fingerprint density at radius 3 is 2.78 bits per heavy atom. The van der Waals surface area contributed by atoms with Crippen molar-refractivity contribution in [2.75, 3.05) is 32.8 Å². The second kappa shape index (κ2) is 8.09. The van der Waals surface area contributed by atoms with Crippen molar-refractivity contribution < 1.29 is 9.50 Å². The van der Waals surface area contributed by atoms with Gasteiger partial charge in [0.1, 0.15) is 5.82 Å². The van der Waals surface area contributed by atoms with E-state index in [1.807, 2.05) is 0 Å². The zero-order valence-electron chi connectivity index (χ0n) is 15.7. The molecule has 1 atom stereocenters. The normalized spacial score (nSPS) is 23.1. The van der Waals surface area contributed by atoms with Gasteiger partial charge in [-0.25, -0.2) is 4.39 Å². The van der Waals surface area contributed by atoms with Gasteiger partial charge in [0.2, 0.25) is 0 Å². The third-order valence-electron chi connectivity index (χ3n) is 6.15. The third-order valence-corrected chi connectivity index (χ3v) is 6.15. The number of para-hydroxylation sites is 1. The van der Waals surface area contributed by atoms with E-state index < -0.39 is 0 Å². The standard InChI is InChI=1S/C21H28FN3O2/c22-19-5-1-4-18-20(27)11-16(23-21(18)19)13-24-9-6-17(7-10-24)25-8-2-3-15(12-25)14-26/h1,4-5,11,15,17,26H,2-3,6-10,12-14H2,(H,23,27)/t15-/m0/s1. The Kier molecular flexibility index (Phi) is 5.57. The number of benzene rings is 1. The maximum atomic E-state index is 14.0. The van der Waals surface area contributed by atoms with Gasteiger partial charge in [-0.3, -0.25) is 14.6 Å². The molecule has 5 nitrogen and oxygen atoms in total. The van der Waals surface area contributed by atoms with Crippen molar-refractivity contribution in [3.63, 3.8) is 0 Å². The molecule has 2 saturated heterocycles. The topological polar surface area (TPSA) is 59.6 Å². The molecule has 0 unspecified atom stereocenters. The van der Waals surface area contributed by atoms with Crippen molar-refractivity contribution in [3.05, 3.63) is 46.0 Å². The Balaban J connectivity index is 1.39. The van der Waals surface area contributed by atoms with Gasteiger partial charge in [-0.15, -0.1) is 0 Å². The van der Waals surface area contributed by atoms with Gasteiger partial charge in [-0.05, 0) is 50.3 Å². The number of aromatic nitrogens is 1. The predicted octanol–water partition coefficient (Wildman–Crippen LogP) is 2.34. The molecule has 3 heterocycles. The Hall–Kier alpha value is -1.76. The van der Waals surface area contributed by atoms with Gasteiger partial charge in [0, 0.05) is 56.0 Å². The van der Waals surface area contributed by atoms with Crippen molar-refractivity contribution in [2.24, 2.45) is 5.92 Å². The van der Waals surface area contributed by atoms with Gasteiger partial charge in [-0.1, -0.05) is 6.07 Å². The minimum atomic E-state index is -0.381. The lowest BCUT2D eigenvalue weighted by Crippen LogP contribution is -2.48. The number of piperidine rings is 2. The molecule has 0 spiro atoms. The number of nitrogens with one attached hydrogen (secondary N) is 1. The summed E-state index contributed by atoms with van der Waals surface area (Å²) in [5.41, 5.74) is 0.948. The first-order valence-electron chi connectivity index (χ1n) is 10.0. The number of aliphatic hydroxyl groups excluding tert-OH is 1. The number of pyridine rings is 1. The molecule has 27 heavy (non-hydrogen) atoms. The van der Waals surface area contributed by atoms with Crippen LogP contribution in [0.25, 0.3) is 10.9 Å². The molecule has 2 aromatic rings. The molecular weight excluding hydrogens is 345 g/mol. The number of aliphatic hydroxyl groups is 1. The van der Waals surface area contributed by atoms with Crippen LogP contribution in [0.4, 0.5) is 4.39 Å². The van der Waals surface area contributed by atoms with Gasteiger partial charge >= 0.3 is 0 Å². The highest BCUT2D eigenvalue weighted by Gasteiger charge is 2.28. The molecule has 2 N–H and O–H groups in total. The highest BCUT2D eigenvalue weighted by molar-refractivity contribution is 5.78. The molecule has 0 bridgehead atoms. The lowest BCUT2D eigenvalue weighted by atomic mass is 9.94. The summed E-state index contributed by atoms with van der Waals surface area (Å²) in [6, 6.07) is 6.80. The Labute approximate surface area is 158 Å². The van der Waals surface area contributed by atoms with Crippen LogP contribution in [0.15, 0.2) is 29.1 Å². The van der Waals surface area contributed by atoms with E-state index in [1.165, 1.54) is 12.5 Å². The Morgan fingerprint density at radius 1 is 1.19 bits per heavy atom. The number of halogens is 1. The Bertz CT molecular complexity index is 845. The molecule has 4 rings (SSSR count). The monoisotopic (exact) mass is 373 g/mol. The first-order chi connectivity index (χ1) is 13.1. The molecule has 1 aromatic carbocycles. The van der Waals surface area contributed by atoms with Crippen LogP contribution in [0.1, 0.15) is 31.4 Å². The van der Waals surface area contributed by atoms with Crippen LogP contribution in [-0.2, 0) is 6.54 Å². The van der Waals surface area contributed by atoms with E-state index in [2.05, 4.69) is 14.8 Å². The first-order valence-corrected chi connectivity index (χ1v) is 10.0. The Morgan fingerprint density at radius 2 is 2.00 bits per heavy atom. The third kappa shape index (κ3) is 4.08. The van der Waals surface area contributed by atoms with Crippen molar-refractivity contribution in [1.29, 1.82) is 0 Å². The van der Waals surface area contributed by atoms with Crippen LogP contribution in [0.3, 0.4) is 0 Å². The van der Waals surface area contributed by atoms with Gasteiger partial charge in [0.25, 0.3) is 0 Å². The zero-order chi connectivity index (χ0) is 18.8. The van der Waals surface area contributed by atoms with Crippen LogP contribution in [0.2, 0.25) is 0 Å². The highest BCUT2D eigenvalue weighted by Crippen LogP contribution is 2.24. The summed E-state index contributed by atoms with van der Waals surface area (Å²) < 4.78 is 14.0. The fraction of sp³-hybridized carbons (Fsp3) is 0.571. The number of hydrogen-bond donors (Lipinski definition) is 2. The molecule has 1 aromatic heterocycles. The molecule has 0 amide bonds. The summed E-state index contributed by atoms with van der Waals surface area (Å²) in [5, 5.41) is 9.84. The van der Waals surface area contributed by atoms with Gasteiger partial charge < -0.3 is 10.1 Å². The fourth-order valence-electron chi connectivity index (χ4n) is 4.64. The summed E-state index contributed by atoms with van der Waals surface area (Å²) in [6.07, 6.45) is 4.52. The van der Waals surface area contributed by atoms with Gasteiger partial charge in [0.15, 0.2) is 5.43 Å². The van der Waals surface area contributed by atoms with E-state index in [0.29, 0.717) is 36.0 Å². The average Bonchev–Trinajstić information content (AvgIpc) is 2.69. The summed E-state index contributed by atoms with van der Waals surface area (Å²) in [7, 11) is 0. The number of aromatic amines is 1. The molecule has 6 heteroatoms. The van der Waals surface area contributed by atoms with Gasteiger partial charge in [0.05, 0.1) is 5.52 Å². The fourth-order valence-corrected chi connectivity index (χ4v) is 4.64. The van der Waals surface area contributed by atoms with Crippen LogP contribution in [-0.4, -0.2) is 58.7 Å². The van der Waals surface area contributed by atoms with Crippen LogP contribution in [0, 0.1) is 11.7 Å². The van der Waals surface area contributed by atoms with Crippen LogP contribution < -0.4 is 5.43 Å². The van der Waals surface area contributed by atoms with E-state index >= 15 is 0 Å².